The van der Waals surface area contributed by atoms with E-state index in [1.54, 1.807) is 12.3 Å². The van der Waals surface area contributed by atoms with Crippen molar-refractivity contribution < 1.29 is 9.90 Å². The predicted octanol–water partition coefficient (Wildman–Crippen LogP) is 2.78. The van der Waals surface area contributed by atoms with Crippen molar-refractivity contribution in [1.82, 2.24) is 4.98 Å². The third kappa shape index (κ3) is 2.39. The Morgan fingerprint density at radius 1 is 1.25 bits per heavy atom. The lowest BCUT2D eigenvalue weighted by Crippen LogP contribution is -1.84. The molecule has 0 radical (unpaired) electrons. The lowest BCUT2D eigenvalue weighted by Gasteiger charge is -1.94. The van der Waals surface area contributed by atoms with Gasteiger partial charge in [-0.05, 0) is 23.3 Å². The van der Waals surface area contributed by atoms with Gasteiger partial charge >= 0.3 is 5.97 Å². The second-order valence-corrected chi connectivity index (χ2v) is 3.38. The first kappa shape index (κ1) is 10.2. The Labute approximate surface area is 93.1 Å². The molecule has 3 nitrogen and oxygen atoms in total. The van der Waals surface area contributed by atoms with E-state index < -0.39 is 5.97 Å². The fourth-order valence-electron chi connectivity index (χ4n) is 1.46. The van der Waals surface area contributed by atoms with Gasteiger partial charge in [-0.3, -0.25) is 0 Å². The summed E-state index contributed by atoms with van der Waals surface area (Å²) in [4.78, 5) is 13.5. The monoisotopic (exact) mass is 213 g/mol. The third-order valence-electron chi connectivity index (χ3n) is 2.21. The Balaban J connectivity index is 2.23. The largest absolute Gasteiger partial charge is 0.478 e. The molecule has 0 aliphatic heterocycles. The van der Waals surface area contributed by atoms with Gasteiger partial charge in [-0.2, -0.15) is 0 Å². The number of rotatable bonds is 3. The Morgan fingerprint density at radius 2 is 2.00 bits per heavy atom. The first-order chi connectivity index (χ1) is 7.75. The summed E-state index contributed by atoms with van der Waals surface area (Å²) in [5, 5.41) is 8.50. The fourth-order valence-corrected chi connectivity index (χ4v) is 1.46. The van der Waals surface area contributed by atoms with Gasteiger partial charge in [0.05, 0.1) is 0 Å². The first-order valence-electron chi connectivity index (χ1n) is 4.90. The van der Waals surface area contributed by atoms with E-state index in [0.29, 0.717) is 0 Å². The highest BCUT2D eigenvalue weighted by atomic mass is 16.4. The summed E-state index contributed by atoms with van der Waals surface area (Å²) in [6.45, 7) is 0. The highest BCUT2D eigenvalue weighted by molar-refractivity contribution is 5.85. The molecule has 2 aromatic rings. The molecular weight excluding hydrogens is 202 g/mol. The molecule has 0 bridgehead atoms. The number of nitrogens with one attached hydrogen (secondary N) is 1. The number of aromatic amines is 1. The van der Waals surface area contributed by atoms with Crippen LogP contribution >= 0.6 is 0 Å². The number of aromatic nitrogens is 1. The average Bonchev–Trinajstić information content (AvgIpc) is 2.76. The molecule has 0 fully saturated rings. The standard InChI is InChI=1S/C13H11NO2/c15-13(16)7-6-10-8-12(14-9-10)11-4-2-1-3-5-11/h1-9,14H,(H,15,16). The number of benzene rings is 1. The van der Waals surface area contributed by atoms with Gasteiger partial charge in [0.2, 0.25) is 0 Å². The molecule has 16 heavy (non-hydrogen) atoms. The molecule has 1 aromatic heterocycles. The fraction of sp³-hybridized carbons (Fsp3) is 0. The lowest BCUT2D eigenvalue weighted by atomic mass is 10.1. The molecule has 3 heteroatoms. The zero-order chi connectivity index (χ0) is 11.4. The second kappa shape index (κ2) is 4.49. The van der Waals surface area contributed by atoms with Gasteiger partial charge in [-0.1, -0.05) is 30.3 Å². The van der Waals surface area contributed by atoms with Gasteiger partial charge in [0.25, 0.3) is 0 Å². The van der Waals surface area contributed by atoms with Crippen molar-refractivity contribution in [1.29, 1.82) is 0 Å². The Kier molecular flexibility index (Phi) is 2.87. The van der Waals surface area contributed by atoms with Crippen molar-refractivity contribution in [3.8, 4) is 11.3 Å². The molecule has 2 rings (SSSR count). The Bertz CT molecular complexity index is 512. The summed E-state index contributed by atoms with van der Waals surface area (Å²) in [5.41, 5.74) is 2.91. The van der Waals surface area contributed by atoms with Crippen LogP contribution in [0.3, 0.4) is 0 Å². The summed E-state index contributed by atoms with van der Waals surface area (Å²) in [7, 11) is 0. The van der Waals surface area contributed by atoms with Crippen LogP contribution in [-0.4, -0.2) is 16.1 Å². The van der Waals surface area contributed by atoms with Crippen LogP contribution < -0.4 is 0 Å². The van der Waals surface area contributed by atoms with E-state index in [4.69, 9.17) is 5.11 Å². The molecule has 0 amide bonds. The topological polar surface area (TPSA) is 53.1 Å². The van der Waals surface area contributed by atoms with Gasteiger partial charge in [0, 0.05) is 18.0 Å². The summed E-state index contributed by atoms with van der Waals surface area (Å²) >= 11 is 0. The van der Waals surface area contributed by atoms with Crippen LogP contribution in [0.15, 0.2) is 48.7 Å². The quantitative estimate of drug-likeness (QED) is 0.770. The van der Waals surface area contributed by atoms with Crippen LogP contribution in [0.1, 0.15) is 5.56 Å². The molecule has 1 heterocycles. The van der Waals surface area contributed by atoms with Gasteiger partial charge < -0.3 is 10.1 Å². The first-order valence-corrected chi connectivity index (χ1v) is 4.90. The number of carboxylic acid groups (broad SMARTS) is 1. The highest BCUT2D eigenvalue weighted by Gasteiger charge is 1.99. The van der Waals surface area contributed by atoms with Crippen molar-refractivity contribution in [2.24, 2.45) is 0 Å². The second-order valence-electron chi connectivity index (χ2n) is 3.38. The molecule has 0 unspecified atom stereocenters. The van der Waals surface area contributed by atoms with Crippen LogP contribution in [0.2, 0.25) is 0 Å². The van der Waals surface area contributed by atoms with E-state index in [1.807, 2.05) is 36.4 Å². The zero-order valence-electron chi connectivity index (χ0n) is 8.55. The van der Waals surface area contributed by atoms with E-state index in [9.17, 15) is 4.79 Å². The van der Waals surface area contributed by atoms with Crippen molar-refractivity contribution in [3.05, 3.63) is 54.2 Å². The van der Waals surface area contributed by atoms with Gasteiger partial charge in [0.1, 0.15) is 0 Å². The number of H-pyrrole nitrogens is 1. The van der Waals surface area contributed by atoms with Gasteiger partial charge in [-0.15, -0.1) is 0 Å². The van der Waals surface area contributed by atoms with E-state index in [-0.39, 0.29) is 0 Å². The van der Waals surface area contributed by atoms with Crippen molar-refractivity contribution in [2.45, 2.75) is 0 Å². The normalized spacial score (nSPS) is 10.8. The van der Waals surface area contributed by atoms with E-state index in [1.165, 1.54) is 0 Å². The van der Waals surface area contributed by atoms with Crippen LogP contribution in [0, 0.1) is 0 Å². The van der Waals surface area contributed by atoms with Gasteiger partial charge in [0.15, 0.2) is 0 Å². The number of hydrogen-bond donors (Lipinski definition) is 2. The maximum Gasteiger partial charge on any atom is 0.328 e. The summed E-state index contributed by atoms with van der Waals surface area (Å²) in [6.07, 6.45) is 4.46. The number of carbonyl (C=O) groups is 1. The predicted molar refractivity (Wildman–Crippen MR) is 62.9 cm³/mol. The molecule has 0 atom stereocenters. The van der Waals surface area contributed by atoms with Gasteiger partial charge in [-0.25, -0.2) is 4.79 Å². The SMILES string of the molecule is O=C(O)C=Cc1c[nH]c(-c2ccccc2)c1. The van der Waals surface area contributed by atoms with E-state index in [0.717, 1.165) is 22.9 Å². The minimum Gasteiger partial charge on any atom is -0.478 e. The smallest absolute Gasteiger partial charge is 0.328 e. The Morgan fingerprint density at radius 3 is 2.69 bits per heavy atom. The maximum atomic E-state index is 10.4. The van der Waals surface area contributed by atoms with Crippen LogP contribution in [0.4, 0.5) is 0 Å². The minimum atomic E-state index is -0.942. The summed E-state index contributed by atoms with van der Waals surface area (Å²) in [5.74, 6) is -0.942. The molecule has 1 aromatic carbocycles. The summed E-state index contributed by atoms with van der Waals surface area (Å²) in [6, 6.07) is 11.8. The molecule has 0 saturated carbocycles. The number of aliphatic carboxylic acids is 1. The van der Waals surface area contributed by atoms with Crippen LogP contribution in [0.25, 0.3) is 17.3 Å². The zero-order valence-corrected chi connectivity index (χ0v) is 8.55. The van der Waals surface area contributed by atoms with Crippen molar-refractivity contribution >= 4 is 12.0 Å². The molecule has 2 N–H and O–H groups in total. The van der Waals surface area contributed by atoms with E-state index in [2.05, 4.69) is 4.98 Å². The third-order valence-corrected chi connectivity index (χ3v) is 2.21. The van der Waals surface area contributed by atoms with Crippen molar-refractivity contribution in [3.63, 3.8) is 0 Å². The van der Waals surface area contributed by atoms with E-state index >= 15 is 0 Å². The lowest BCUT2D eigenvalue weighted by molar-refractivity contribution is -0.131. The van der Waals surface area contributed by atoms with Crippen LogP contribution in [0.5, 0.6) is 0 Å². The maximum absolute atomic E-state index is 10.4. The molecular formula is C13H11NO2. The van der Waals surface area contributed by atoms with Crippen molar-refractivity contribution in [2.75, 3.05) is 0 Å². The molecule has 0 spiro atoms. The van der Waals surface area contributed by atoms with Crippen LogP contribution in [-0.2, 0) is 4.79 Å². The number of hydrogen-bond acceptors (Lipinski definition) is 1. The average molecular weight is 213 g/mol. The summed E-state index contributed by atoms with van der Waals surface area (Å²) < 4.78 is 0. The molecule has 80 valence electrons. The molecule has 0 aliphatic rings. The molecule has 0 aliphatic carbocycles. The number of carboxylic acids is 1. The highest BCUT2D eigenvalue weighted by Crippen LogP contribution is 2.18. The minimum absolute atomic E-state index is 0.848. The molecule has 0 saturated heterocycles. The Hall–Kier alpha value is -2.29.